The van der Waals surface area contributed by atoms with Crippen LogP contribution in [0.5, 0.6) is 0 Å². The predicted molar refractivity (Wildman–Crippen MR) is 432 cm³/mol. The minimum absolute atomic E-state index is 0.0735. The fourth-order valence-corrected chi connectivity index (χ4v) is 20.6. The van der Waals surface area contributed by atoms with Gasteiger partial charge in [-0.3, -0.25) is 0 Å². The zero-order chi connectivity index (χ0) is 67.2. The first kappa shape index (κ1) is 61.6. The molecule has 0 saturated carbocycles. The molecule has 0 saturated heterocycles. The molecule has 4 heterocycles. The van der Waals surface area contributed by atoms with Crippen molar-refractivity contribution >= 4 is 107 Å². The predicted octanol–water partition coefficient (Wildman–Crippen LogP) is 23.6. The lowest BCUT2D eigenvalue weighted by atomic mass is 9.33. The summed E-state index contributed by atoms with van der Waals surface area (Å²) in [6, 6.07) is 89.4. The number of hydrogen-bond acceptors (Lipinski definition) is 3. The van der Waals surface area contributed by atoms with E-state index in [1.54, 1.807) is 22.3 Å². The third kappa shape index (κ3) is 10.3. The van der Waals surface area contributed by atoms with Crippen molar-refractivity contribution in [3.8, 4) is 22.5 Å². The minimum Gasteiger partial charge on any atom is -0.334 e. The van der Waals surface area contributed by atoms with Gasteiger partial charge in [0.15, 0.2) is 0 Å². The van der Waals surface area contributed by atoms with Gasteiger partial charge in [-0.2, -0.15) is 0 Å². The standard InChI is InChI=1S/C96H88BN5/c1-7-29-66(30-8-1)76-45-27-46-77(67-31-9-2-10-32-67)95(76)101-90-63-74(99-86-49-23-19-41-80(86)81-42-20-24-50-87(81)99)57-59-84(90)97-85-60-58-75(100-88-51-25-21-43-82(88)83-44-22-26-52-89(83)100)64-91(85)102(96-78(68-33-11-3-12-34-68)47-28-48-79(96)69-35-13-4-14-36-69)93-62-70(61-92(101)94(93)97)65-53-55-73(56-54-65)98(71-37-15-5-16-38-71)72-39-17-6-18-40-72/h1,3,5-7,11,15-26,31,35,37-45,47,49-64,66,68,77,79,95-96H,2,4,8-10,12-14,27-30,32-34,36,46,48H2. The van der Waals surface area contributed by atoms with Crippen molar-refractivity contribution in [2.45, 2.75) is 128 Å². The van der Waals surface area contributed by atoms with Gasteiger partial charge in [0.1, 0.15) is 0 Å². The van der Waals surface area contributed by atoms with E-state index in [-0.39, 0.29) is 18.8 Å². The lowest BCUT2D eigenvalue weighted by molar-refractivity contribution is 0.391. The minimum atomic E-state index is -0.0735. The van der Waals surface area contributed by atoms with Crippen LogP contribution in [-0.4, -0.2) is 27.9 Å². The molecule has 0 radical (unpaired) electrons. The van der Waals surface area contributed by atoms with Gasteiger partial charge in [-0.25, -0.2) is 0 Å². The molecule has 5 nitrogen and oxygen atoms in total. The number of fused-ring (bicyclic) bond motifs is 10. The fourth-order valence-electron chi connectivity index (χ4n) is 20.6. The molecule has 20 rings (SSSR count). The molecule has 2 aromatic heterocycles. The molecule has 0 bridgehead atoms. The molecule has 2 aliphatic heterocycles. The Bertz CT molecular complexity index is 5030. The number of hydrogen-bond donors (Lipinski definition) is 0. The fraction of sp³-hybridized carbons (Fsp3) is 0.250. The Kier molecular flexibility index (Phi) is 15.7. The Morgan fingerprint density at radius 2 is 0.755 bits per heavy atom. The van der Waals surface area contributed by atoms with E-state index in [1.165, 1.54) is 169 Å². The molecule has 8 aliphatic rings. The van der Waals surface area contributed by atoms with Gasteiger partial charge in [-0.05, 0) is 263 Å². The lowest BCUT2D eigenvalue weighted by Gasteiger charge is -2.53. The van der Waals surface area contributed by atoms with Gasteiger partial charge in [0.05, 0.1) is 34.2 Å². The summed E-state index contributed by atoms with van der Waals surface area (Å²) < 4.78 is 5.18. The first-order valence-electron chi connectivity index (χ1n) is 38.8. The Morgan fingerprint density at radius 3 is 1.17 bits per heavy atom. The van der Waals surface area contributed by atoms with Crippen molar-refractivity contribution in [1.82, 2.24) is 9.13 Å². The van der Waals surface area contributed by atoms with Crippen LogP contribution in [0.1, 0.15) is 116 Å². The number of rotatable bonds is 12. The number of para-hydroxylation sites is 6. The number of benzene rings is 10. The summed E-state index contributed by atoms with van der Waals surface area (Å²) in [6.45, 7) is -0.0735. The van der Waals surface area contributed by atoms with Gasteiger partial charge in [-0.1, -0.05) is 193 Å². The van der Waals surface area contributed by atoms with E-state index in [9.17, 15) is 0 Å². The first-order valence-corrected chi connectivity index (χ1v) is 38.8. The average molecular weight is 1320 g/mol. The normalized spacial score (nSPS) is 21.7. The van der Waals surface area contributed by atoms with Gasteiger partial charge in [0, 0.05) is 84.6 Å². The van der Waals surface area contributed by atoms with Crippen LogP contribution < -0.4 is 31.1 Å². The molecule has 6 unspecified atom stereocenters. The smallest absolute Gasteiger partial charge is 0.252 e. The third-order valence-electron chi connectivity index (χ3n) is 25.1. The van der Waals surface area contributed by atoms with Crippen LogP contribution >= 0.6 is 0 Å². The molecular weight excluding hydrogens is 1230 g/mol. The number of anilines is 7. The Hall–Kier alpha value is -10.3. The van der Waals surface area contributed by atoms with Crippen LogP contribution in [0.2, 0.25) is 0 Å². The van der Waals surface area contributed by atoms with E-state index in [2.05, 4.69) is 303 Å². The van der Waals surface area contributed by atoms with E-state index in [0.717, 1.165) is 68.4 Å². The largest absolute Gasteiger partial charge is 0.334 e. The van der Waals surface area contributed by atoms with Crippen molar-refractivity contribution < 1.29 is 0 Å². The monoisotopic (exact) mass is 1320 g/mol. The lowest BCUT2D eigenvalue weighted by Crippen LogP contribution is -2.65. The van der Waals surface area contributed by atoms with E-state index in [0.29, 0.717) is 23.7 Å². The molecule has 10 aromatic carbocycles. The summed E-state index contributed by atoms with van der Waals surface area (Å²) in [5.74, 6) is 1.62. The van der Waals surface area contributed by atoms with Gasteiger partial charge >= 0.3 is 0 Å². The number of aromatic nitrogens is 2. The topological polar surface area (TPSA) is 19.6 Å². The van der Waals surface area contributed by atoms with E-state index in [4.69, 9.17) is 0 Å². The van der Waals surface area contributed by atoms with Crippen molar-refractivity contribution in [2.75, 3.05) is 14.7 Å². The summed E-state index contributed by atoms with van der Waals surface area (Å²) in [4.78, 5) is 8.52. The molecule has 6 aliphatic carbocycles. The van der Waals surface area contributed by atoms with Crippen LogP contribution in [0.25, 0.3) is 66.1 Å². The second-order valence-corrected chi connectivity index (χ2v) is 30.6. The maximum absolute atomic E-state index is 3.05. The van der Waals surface area contributed by atoms with Gasteiger partial charge in [0.25, 0.3) is 6.71 Å². The molecule has 500 valence electrons. The molecule has 0 fully saturated rings. The van der Waals surface area contributed by atoms with Crippen LogP contribution in [0.4, 0.5) is 39.8 Å². The second kappa shape index (κ2) is 26.0. The highest BCUT2D eigenvalue weighted by Crippen LogP contribution is 2.54. The molecule has 6 atom stereocenters. The van der Waals surface area contributed by atoms with Crippen molar-refractivity contribution in [2.24, 2.45) is 23.7 Å². The second-order valence-electron chi connectivity index (χ2n) is 30.6. The molecule has 0 N–H and O–H groups in total. The molecule has 102 heavy (non-hydrogen) atoms. The van der Waals surface area contributed by atoms with E-state index >= 15 is 0 Å². The molecular formula is C96H88BN5. The van der Waals surface area contributed by atoms with Gasteiger partial charge in [0.2, 0.25) is 0 Å². The molecule has 12 aromatic rings. The average Bonchev–Trinajstić information content (AvgIpc) is 0.806. The number of allylic oxidation sites excluding steroid dienone is 8. The summed E-state index contributed by atoms with van der Waals surface area (Å²) in [5, 5.41) is 5.16. The Labute approximate surface area is 601 Å². The third-order valence-corrected chi connectivity index (χ3v) is 25.1. The van der Waals surface area contributed by atoms with Gasteiger partial charge in [-0.15, -0.1) is 0 Å². The summed E-state index contributed by atoms with van der Waals surface area (Å²) in [7, 11) is 0. The highest BCUT2D eigenvalue weighted by atomic mass is 15.2. The number of nitrogens with zero attached hydrogens (tertiary/aromatic N) is 5. The van der Waals surface area contributed by atoms with E-state index < -0.39 is 0 Å². The highest BCUT2D eigenvalue weighted by Gasteiger charge is 2.51. The SMILES string of the molecule is C1=CCC(C2=CCCC(C3=CCCCC3)C2N2c3cc(-n4c5ccccc5c5ccccc54)ccc3B3c4ccc(-n5c6ccccc6c6ccccc65)cc4N(C4C(C5CC=CCC5)=CCCC4C4=CCCCC4)c4cc(-c5ccc(N(c6ccccc6)c6ccccc6)cc5)cc2c43)CC1. The summed E-state index contributed by atoms with van der Waals surface area (Å²) >= 11 is 0. The van der Waals surface area contributed by atoms with Crippen LogP contribution in [-0.2, 0) is 0 Å². The van der Waals surface area contributed by atoms with Crippen LogP contribution in [0.3, 0.4) is 0 Å². The summed E-state index contributed by atoms with van der Waals surface area (Å²) in [6.07, 6.45) is 42.1. The van der Waals surface area contributed by atoms with Crippen molar-refractivity contribution in [3.05, 3.63) is 301 Å². The van der Waals surface area contributed by atoms with Crippen LogP contribution in [0, 0.1) is 23.7 Å². The van der Waals surface area contributed by atoms with Crippen molar-refractivity contribution in [1.29, 1.82) is 0 Å². The molecule has 0 spiro atoms. The van der Waals surface area contributed by atoms with Gasteiger partial charge < -0.3 is 23.8 Å². The Balaban J connectivity index is 0.906. The maximum Gasteiger partial charge on any atom is 0.252 e. The molecule has 0 amide bonds. The quantitative estimate of drug-likeness (QED) is 0.0898. The van der Waals surface area contributed by atoms with E-state index in [1.807, 2.05) is 0 Å². The Morgan fingerprint density at radius 1 is 0.333 bits per heavy atom. The van der Waals surface area contributed by atoms with Crippen molar-refractivity contribution in [3.63, 3.8) is 0 Å². The first-order chi connectivity index (χ1) is 50.7. The van der Waals surface area contributed by atoms with Crippen LogP contribution in [0.15, 0.2) is 301 Å². The highest BCUT2D eigenvalue weighted by molar-refractivity contribution is 7.00. The summed E-state index contributed by atoms with van der Waals surface area (Å²) in [5.41, 5.74) is 29.8. The maximum atomic E-state index is 3.05. The zero-order valence-corrected chi connectivity index (χ0v) is 58.6. The molecule has 6 heteroatoms. The zero-order valence-electron chi connectivity index (χ0n) is 58.6.